The fraction of sp³-hybridized carbons (Fsp3) is 0.150. The van der Waals surface area contributed by atoms with Gasteiger partial charge >= 0.3 is 5.97 Å². The molecule has 1 unspecified atom stereocenters. The zero-order valence-electron chi connectivity index (χ0n) is 14.5. The monoisotopic (exact) mass is 400 g/mol. The Balaban J connectivity index is 1.71. The second-order valence-corrected chi connectivity index (χ2v) is 7.00. The predicted octanol–water partition coefficient (Wildman–Crippen LogP) is 4.04. The lowest BCUT2D eigenvalue weighted by molar-refractivity contribution is -0.145. The molecule has 1 N–H and O–H groups in total. The van der Waals surface area contributed by atoms with Crippen molar-refractivity contribution in [2.45, 2.75) is 12.5 Å². The van der Waals surface area contributed by atoms with E-state index in [1.807, 2.05) is 29.6 Å². The lowest BCUT2D eigenvalue weighted by Crippen LogP contribution is -2.35. The van der Waals surface area contributed by atoms with Gasteiger partial charge in [-0.25, -0.2) is 9.78 Å². The zero-order valence-corrected chi connectivity index (χ0v) is 16.1. The van der Waals surface area contributed by atoms with E-state index in [-0.39, 0.29) is 12.3 Å². The summed E-state index contributed by atoms with van der Waals surface area (Å²) in [6.07, 6.45) is 0.0568. The summed E-state index contributed by atoms with van der Waals surface area (Å²) in [7, 11) is 1.29. The summed E-state index contributed by atoms with van der Waals surface area (Å²) in [5.74, 6) is -0.838. The fourth-order valence-corrected chi connectivity index (χ4v) is 3.70. The van der Waals surface area contributed by atoms with Gasteiger partial charge in [0.1, 0.15) is 5.01 Å². The number of esters is 1. The Morgan fingerprint density at radius 1 is 1.15 bits per heavy atom. The van der Waals surface area contributed by atoms with E-state index in [4.69, 9.17) is 16.3 Å². The predicted molar refractivity (Wildman–Crippen MR) is 106 cm³/mol. The topological polar surface area (TPSA) is 68.3 Å². The van der Waals surface area contributed by atoms with Crippen molar-refractivity contribution in [3.8, 4) is 10.6 Å². The Morgan fingerprint density at radius 3 is 2.56 bits per heavy atom. The molecule has 1 amide bonds. The van der Waals surface area contributed by atoms with Gasteiger partial charge in [-0.15, -0.1) is 11.3 Å². The maximum absolute atomic E-state index is 12.4. The van der Waals surface area contributed by atoms with Crippen LogP contribution in [-0.2, 0) is 20.7 Å². The van der Waals surface area contributed by atoms with Gasteiger partial charge in [-0.05, 0) is 11.6 Å². The van der Waals surface area contributed by atoms with Gasteiger partial charge in [0.15, 0.2) is 6.04 Å². The minimum absolute atomic E-state index is 0.0568. The van der Waals surface area contributed by atoms with Crippen molar-refractivity contribution in [3.05, 3.63) is 76.3 Å². The van der Waals surface area contributed by atoms with E-state index < -0.39 is 12.0 Å². The number of nitrogens with one attached hydrogen (secondary N) is 1. The molecule has 138 valence electrons. The van der Waals surface area contributed by atoms with Crippen LogP contribution in [0.5, 0.6) is 0 Å². The number of thiazole rings is 1. The minimum atomic E-state index is -0.856. The molecule has 0 aliphatic heterocycles. The van der Waals surface area contributed by atoms with Crippen molar-refractivity contribution in [2.24, 2.45) is 0 Å². The van der Waals surface area contributed by atoms with Crippen LogP contribution >= 0.6 is 22.9 Å². The highest BCUT2D eigenvalue weighted by Gasteiger charge is 2.23. The lowest BCUT2D eigenvalue weighted by atomic mass is 10.1. The molecule has 3 aromatic rings. The van der Waals surface area contributed by atoms with E-state index in [2.05, 4.69) is 10.3 Å². The van der Waals surface area contributed by atoms with Gasteiger partial charge in [-0.2, -0.15) is 0 Å². The maximum Gasteiger partial charge on any atom is 0.333 e. The second kappa shape index (κ2) is 8.79. The molecule has 27 heavy (non-hydrogen) atoms. The van der Waals surface area contributed by atoms with Gasteiger partial charge < -0.3 is 10.1 Å². The third-order valence-electron chi connectivity index (χ3n) is 3.87. The molecule has 0 saturated carbocycles. The number of hydrogen-bond acceptors (Lipinski definition) is 5. The number of nitrogens with zero attached hydrogens (tertiary/aromatic N) is 1. The van der Waals surface area contributed by atoms with Crippen LogP contribution in [0.25, 0.3) is 10.6 Å². The van der Waals surface area contributed by atoms with Crippen LogP contribution in [-0.4, -0.2) is 24.0 Å². The van der Waals surface area contributed by atoms with Gasteiger partial charge in [0.05, 0.1) is 24.2 Å². The van der Waals surface area contributed by atoms with Crippen molar-refractivity contribution in [1.82, 2.24) is 10.3 Å². The molecule has 0 aliphatic carbocycles. The Kier molecular flexibility index (Phi) is 6.21. The standard InChI is InChI=1S/C20H17ClN2O3S/c1-26-20(25)18(13-7-3-2-4-8-13)23-17(24)11-14-12-27-19(22-14)15-9-5-6-10-16(15)21/h2-10,12,18H,11H2,1H3,(H,23,24). The molecule has 0 spiro atoms. The van der Waals surface area contributed by atoms with Crippen LogP contribution in [0, 0.1) is 0 Å². The first-order valence-corrected chi connectivity index (χ1v) is 9.45. The molecule has 2 aromatic carbocycles. The van der Waals surface area contributed by atoms with Crippen molar-refractivity contribution < 1.29 is 14.3 Å². The molecule has 0 radical (unpaired) electrons. The normalized spacial score (nSPS) is 11.6. The van der Waals surface area contributed by atoms with E-state index in [9.17, 15) is 9.59 Å². The highest BCUT2D eigenvalue weighted by molar-refractivity contribution is 7.13. The number of carbonyl (C=O) groups is 2. The number of hydrogen-bond donors (Lipinski definition) is 1. The van der Waals surface area contributed by atoms with Crippen LogP contribution in [0.15, 0.2) is 60.0 Å². The molecular formula is C20H17ClN2O3S. The van der Waals surface area contributed by atoms with Crippen LogP contribution < -0.4 is 5.32 Å². The summed E-state index contributed by atoms with van der Waals surface area (Å²) in [5, 5.41) is 5.89. The summed E-state index contributed by atoms with van der Waals surface area (Å²) in [5.41, 5.74) is 2.10. The van der Waals surface area contributed by atoms with Crippen LogP contribution in [0.3, 0.4) is 0 Å². The van der Waals surface area contributed by atoms with Gasteiger partial charge in [0.25, 0.3) is 0 Å². The Hall–Kier alpha value is -2.70. The molecule has 1 aromatic heterocycles. The summed E-state index contributed by atoms with van der Waals surface area (Å²) in [6, 6.07) is 15.5. The molecule has 0 saturated heterocycles. The van der Waals surface area contributed by atoms with E-state index in [1.165, 1.54) is 18.4 Å². The number of aromatic nitrogens is 1. The molecule has 0 aliphatic rings. The average Bonchev–Trinajstić information content (AvgIpc) is 3.14. The third kappa shape index (κ3) is 4.72. The molecule has 0 fully saturated rings. The SMILES string of the molecule is COC(=O)C(NC(=O)Cc1csc(-c2ccccc2Cl)n1)c1ccccc1. The number of ether oxygens (including phenoxy) is 1. The fourth-order valence-electron chi connectivity index (χ4n) is 2.56. The minimum Gasteiger partial charge on any atom is -0.467 e. The van der Waals surface area contributed by atoms with Crippen LogP contribution in [0.1, 0.15) is 17.3 Å². The van der Waals surface area contributed by atoms with E-state index in [1.54, 1.807) is 30.3 Å². The van der Waals surface area contributed by atoms with E-state index in [0.29, 0.717) is 16.3 Å². The number of halogens is 1. The summed E-state index contributed by atoms with van der Waals surface area (Å²) in [6.45, 7) is 0. The first-order chi connectivity index (χ1) is 13.1. The number of carbonyl (C=O) groups excluding carboxylic acids is 2. The molecule has 5 nitrogen and oxygen atoms in total. The molecular weight excluding hydrogens is 384 g/mol. The number of rotatable bonds is 6. The molecule has 1 atom stereocenters. The number of amides is 1. The summed E-state index contributed by atoms with van der Waals surface area (Å²) >= 11 is 7.61. The maximum atomic E-state index is 12.4. The Labute approximate surface area is 166 Å². The highest BCUT2D eigenvalue weighted by atomic mass is 35.5. The summed E-state index contributed by atoms with van der Waals surface area (Å²) < 4.78 is 4.81. The van der Waals surface area contributed by atoms with Crippen molar-refractivity contribution in [2.75, 3.05) is 7.11 Å². The molecule has 7 heteroatoms. The van der Waals surface area contributed by atoms with Crippen molar-refractivity contribution in [3.63, 3.8) is 0 Å². The molecule has 3 rings (SSSR count). The number of benzene rings is 2. The second-order valence-electron chi connectivity index (χ2n) is 5.73. The molecule has 0 bridgehead atoms. The van der Waals surface area contributed by atoms with Crippen LogP contribution in [0.4, 0.5) is 0 Å². The van der Waals surface area contributed by atoms with Crippen molar-refractivity contribution >= 4 is 34.8 Å². The van der Waals surface area contributed by atoms with E-state index >= 15 is 0 Å². The zero-order chi connectivity index (χ0) is 19.2. The third-order valence-corrected chi connectivity index (χ3v) is 5.13. The van der Waals surface area contributed by atoms with Crippen molar-refractivity contribution in [1.29, 1.82) is 0 Å². The van der Waals surface area contributed by atoms with Gasteiger partial charge in [-0.1, -0.05) is 60.1 Å². The van der Waals surface area contributed by atoms with Gasteiger partial charge in [-0.3, -0.25) is 4.79 Å². The van der Waals surface area contributed by atoms with Gasteiger partial charge in [0.2, 0.25) is 5.91 Å². The first kappa shape index (κ1) is 19.1. The lowest BCUT2D eigenvalue weighted by Gasteiger charge is -2.16. The molecule has 1 heterocycles. The first-order valence-electron chi connectivity index (χ1n) is 8.20. The largest absolute Gasteiger partial charge is 0.467 e. The van der Waals surface area contributed by atoms with E-state index in [0.717, 1.165) is 10.6 Å². The Bertz CT molecular complexity index is 943. The quantitative estimate of drug-likeness (QED) is 0.634. The number of methoxy groups -OCH3 is 1. The summed E-state index contributed by atoms with van der Waals surface area (Å²) in [4.78, 5) is 29.0. The van der Waals surface area contributed by atoms with Crippen LogP contribution in [0.2, 0.25) is 5.02 Å². The van der Waals surface area contributed by atoms with Gasteiger partial charge in [0, 0.05) is 10.9 Å². The smallest absolute Gasteiger partial charge is 0.333 e. The highest BCUT2D eigenvalue weighted by Crippen LogP contribution is 2.30. The Morgan fingerprint density at radius 2 is 1.85 bits per heavy atom. The average molecular weight is 401 g/mol.